The van der Waals surface area contributed by atoms with Crippen LogP contribution in [0.25, 0.3) is 16.8 Å². The fraction of sp³-hybridized carbons (Fsp3) is 0.103. The van der Waals surface area contributed by atoms with Gasteiger partial charge < -0.3 is 14.8 Å². The predicted molar refractivity (Wildman–Crippen MR) is 147 cm³/mol. The average Bonchev–Trinajstić information content (AvgIpc) is 2.88. The number of benzene rings is 4. The molecular weight excluding hydrogens is 540 g/mol. The molecule has 0 heterocycles. The average molecular weight is 562 g/mol. The van der Waals surface area contributed by atoms with Crippen molar-refractivity contribution in [3.63, 3.8) is 0 Å². The van der Waals surface area contributed by atoms with E-state index in [4.69, 9.17) is 21.1 Å². The molecule has 0 fully saturated rings. The van der Waals surface area contributed by atoms with E-state index in [9.17, 15) is 10.1 Å². The topological polar surface area (TPSA) is 71.3 Å². The highest BCUT2D eigenvalue weighted by Gasteiger charge is 2.16. The molecule has 0 aromatic heterocycles. The summed E-state index contributed by atoms with van der Waals surface area (Å²) in [6.07, 6.45) is 1.49. The molecule has 0 aliphatic carbocycles. The van der Waals surface area contributed by atoms with Crippen LogP contribution in [0.4, 0.5) is 5.69 Å². The number of aryl methyl sites for hydroxylation is 1. The van der Waals surface area contributed by atoms with Gasteiger partial charge in [-0.25, -0.2) is 0 Å². The zero-order valence-electron chi connectivity index (χ0n) is 19.6. The quantitative estimate of drug-likeness (QED) is 0.185. The number of rotatable bonds is 7. The highest BCUT2D eigenvalue weighted by Crippen LogP contribution is 2.38. The third-order valence-electron chi connectivity index (χ3n) is 5.64. The van der Waals surface area contributed by atoms with Crippen molar-refractivity contribution in [1.29, 1.82) is 5.26 Å². The summed E-state index contributed by atoms with van der Waals surface area (Å²) in [5, 5.41) is 15.0. The van der Waals surface area contributed by atoms with Gasteiger partial charge >= 0.3 is 0 Å². The first-order chi connectivity index (χ1) is 17.4. The minimum atomic E-state index is -0.555. The smallest absolute Gasteiger partial charge is 0.266 e. The van der Waals surface area contributed by atoms with E-state index in [0.717, 1.165) is 21.9 Å². The number of hydrogen-bond acceptors (Lipinski definition) is 4. The number of nitrogens with one attached hydrogen (secondary N) is 1. The number of methoxy groups -OCH3 is 1. The van der Waals surface area contributed by atoms with Crippen LogP contribution in [0.3, 0.4) is 0 Å². The fourth-order valence-electron chi connectivity index (χ4n) is 3.82. The lowest BCUT2D eigenvalue weighted by Gasteiger charge is -2.15. The normalized spacial score (nSPS) is 11.1. The highest BCUT2D eigenvalue weighted by atomic mass is 79.9. The Balaban J connectivity index is 1.59. The van der Waals surface area contributed by atoms with Gasteiger partial charge in [-0.15, -0.1) is 0 Å². The molecule has 5 nitrogen and oxygen atoms in total. The molecule has 0 saturated carbocycles. The summed E-state index contributed by atoms with van der Waals surface area (Å²) in [7, 11) is 1.54. The van der Waals surface area contributed by atoms with E-state index in [1.807, 2.05) is 43.3 Å². The van der Waals surface area contributed by atoms with Crippen molar-refractivity contribution < 1.29 is 14.3 Å². The number of hydrogen-bond donors (Lipinski definition) is 1. The molecule has 1 amide bonds. The van der Waals surface area contributed by atoms with Crippen molar-refractivity contribution in [3.05, 3.63) is 105 Å². The molecule has 4 rings (SSSR count). The number of carbonyl (C=O) groups excluding carboxylic acids is 1. The Labute approximate surface area is 223 Å². The summed E-state index contributed by atoms with van der Waals surface area (Å²) in [5.74, 6) is 0.438. The van der Waals surface area contributed by atoms with Crippen LogP contribution in [0.15, 0.2) is 82.8 Å². The Kier molecular flexibility index (Phi) is 7.94. The van der Waals surface area contributed by atoms with Crippen LogP contribution in [-0.4, -0.2) is 13.0 Å². The molecule has 0 unspecified atom stereocenters. The number of carbonyl (C=O) groups is 1. The largest absolute Gasteiger partial charge is 0.493 e. The van der Waals surface area contributed by atoms with E-state index in [1.54, 1.807) is 24.3 Å². The lowest BCUT2D eigenvalue weighted by molar-refractivity contribution is -0.112. The van der Waals surface area contributed by atoms with Crippen LogP contribution in [0.2, 0.25) is 5.02 Å². The number of nitrogens with zero attached hydrogens (tertiary/aromatic N) is 1. The SMILES string of the molecule is COc1cc(/C=C(\C#N)C(=O)Nc2c(C)cccc2Cl)cc(Br)c1OCc1cccc2ccccc12. The van der Waals surface area contributed by atoms with E-state index >= 15 is 0 Å². The third-order valence-corrected chi connectivity index (χ3v) is 6.54. The fourth-order valence-corrected chi connectivity index (χ4v) is 4.66. The third kappa shape index (κ3) is 5.54. The number of fused-ring (bicyclic) bond motifs is 1. The van der Waals surface area contributed by atoms with Gasteiger partial charge in [-0.2, -0.15) is 5.26 Å². The summed E-state index contributed by atoms with van der Waals surface area (Å²) in [6, 6.07) is 25.0. The molecule has 0 aliphatic rings. The Morgan fingerprint density at radius 1 is 1.11 bits per heavy atom. The molecular formula is C29H22BrClN2O3. The number of ether oxygens (including phenoxy) is 2. The van der Waals surface area contributed by atoms with Gasteiger partial charge in [0.25, 0.3) is 5.91 Å². The molecule has 0 saturated heterocycles. The van der Waals surface area contributed by atoms with E-state index in [0.29, 0.717) is 38.9 Å². The second-order valence-electron chi connectivity index (χ2n) is 8.02. The van der Waals surface area contributed by atoms with Gasteiger partial charge in [-0.3, -0.25) is 4.79 Å². The number of amides is 1. The molecule has 36 heavy (non-hydrogen) atoms. The first-order valence-electron chi connectivity index (χ1n) is 11.1. The molecule has 0 bridgehead atoms. The van der Waals surface area contributed by atoms with Crippen LogP contribution in [-0.2, 0) is 11.4 Å². The van der Waals surface area contributed by atoms with Gasteiger partial charge in [0, 0.05) is 0 Å². The Bertz CT molecular complexity index is 1500. The zero-order chi connectivity index (χ0) is 25.7. The lowest BCUT2D eigenvalue weighted by Crippen LogP contribution is -2.14. The Morgan fingerprint density at radius 2 is 1.86 bits per heavy atom. The minimum absolute atomic E-state index is 0.0762. The molecule has 4 aromatic carbocycles. The molecule has 0 radical (unpaired) electrons. The summed E-state index contributed by atoms with van der Waals surface area (Å²) >= 11 is 9.76. The van der Waals surface area contributed by atoms with Crippen molar-refractivity contribution in [1.82, 2.24) is 0 Å². The van der Waals surface area contributed by atoms with Crippen LogP contribution >= 0.6 is 27.5 Å². The Hall–Kier alpha value is -3.79. The summed E-state index contributed by atoms with van der Waals surface area (Å²) in [4.78, 5) is 12.8. The second-order valence-corrected chi connectivity index (χ2v) is 9.28. The molecule has 4 aromatic rings. The number of halogens is 2. The van der Waals surface area contributed by atoms with Gasteiger partial charge in [0.05, 0.1) is 22.3 Å². The summed E-state index contributed by atoms with van der Waals surface area (Å²) in [5.41, 5.74) is 2.84. The number of anilines is 1. The van der Waals surface area contributed by atoms with Crippen molar-refractivity contribution in [3.8, 4) is 17.6 Å². The lowest BCUT2D eigenvalue weighted by atomic mass is 10.1. The molecule has 180 valence electrons. The first kappa shape index (κ1) is 25.3. The van der Waals surface area contributed by atoms with E-state index in [2.05, 4.69) is 39.4 Å². The minimum Gasteiger partial charge on any atom is -0.493 e. The standard InChI is InChI=1S/C29H22BrClN2O3/c1-18-7-5-12-25(31)27(18)33-29(34)22(16-32)13-19-14-24(30)28(26(15-19)35-2)36-17-21-10-6-9-20-8-3-4-11-23(20)21/h3-15H,17H2,1-2H3,(H,33,34)/b22-13+. The molecule has 0 aliphatic heterocycles. The summed E-state index contributed by atoms with van der Waals surface area (Å²) < 4.78 is 12.3. The number of nitriles is 1. The van der Waals surface area contributed by atoms with Gasteiger partial charge in [-0.1, -0.05) is 66.2 Å². The van der Waals surface area contributed by atoms with Gasteiger partial charge in [0.1, 0.15) is 18.2 Å². The molecule has 0 spiro atoms. The van der Waals surface area contributed by atoms with E-state index in [-0.39, 0.29) is 5.57 Å². The van der Waals surface area contributed by atoms with Crippen LogP contribution < -0.4 is 14.8 Å². The van der Waals surface area contributed by atoms with Crippen molar-refractivity contribution in [2.45, 2.75) is 13.5 Å². The molecule has 0 atom stereocenters. The maximum absolute atomic E-state index is 12.8. The van der Waals surface area contributed by atoms with Crippen LogP contribution in [0, 0.1) is 18.3 Å². The zero-order valence-corrected chi connectivity index (χ0v) is 22.0. The second kappa shape index (κ2) is 11.3. The highest BCUT2D eigenvalue weighted by molar-refractivity contribution is 9.10. The van der Waals surface area contributed by atoms with Gasteiger partial charge in [0.2, 0.25) is 0 Å². The monoisotopic (exact) mass is 560 g/mol. The van der Waals surface area contributed by atoms with Crippen molar-refractivity contribution >= 4 is 56.0 Å². The van der Waals surface area contributed by atoms with E-state index < -0.39 is 5.91 Å². The van der Waals surface area contributed by atoms with Gasteiger partial charge in [-0.05, 0) is 74.6 Å². The van der Waals surface area contributed by atoms with E-state index in [1.165, 1.54) is 13.2 Å². The first-order valence-corrected chi connectivity index (χ1v) is 12.2. The van der Waals surface area contributed by atoms with Gasteiger partial charge in [0.15, 0.2) is 11.5 Å². The van der Waals surface area contributed by atoms with Crippen molar-refractivity contribution in [2.24, 2.45) is 0 Å². The van der Waals surface area contributed by atoms with Crippen molar-refractivity contribution in [2.75, 3.05) is 12.4 Å². The predicted octanol–water partition coefficient (Wildman–Crippen LogP) is 7.70. The summed E-state index contributed by atoms with van der Waals surface area (Å²) in [6.45, 7) is 2.17. The molecule has 1 N–H and O–H groups in total. The Morgan fingerprint density at radius 3 is 2.61 bits per heavy atom. The number of para-hydroxylation sites is 1. The van der Waals surface area contributed by atoms with Crippen LogP contribution in [0.5, 0.6) is 11.5 Å². The molecule has 7 heteroatoms. The van der Waals surface area contributed by atoms with Crippen LogP contribution in [0.1, 0.15) is 16.7 Å². The maximum atomic E-state index is 12.8. The maximum Gasteiger partial charge on any atom is 0.266 e.